The Bertz CT molecular complexity index is 2300. The highest BCUT2D eigenvalue weighted by molar-refractivity contribution is 6.43. The Morgan fingerprint density at radius 1 is 0.571 bits per heavy atom. The largest absolute Gasteiger partial charge is 0.453 e. The van der Waals surface area contributed by atoms with E-state index in [9.17, 15) is 0 Å². The van der Waals surface area contributed by atoms with Crippen molar-refractivity contribution in [1.82, 2.24) is 4.98 Å². The lowest BCUT2D eigenvalue weighted by Crippen LogP contribution is -2.11. The second-order valence-electron chi connectivity index (χ2n) is 17.6. The highest BCUT2D eigenvalue weighted by Crippen LogP contribution is 2.47. The van der Waals surface area contributed by atoms with Crippen molar-refractivity contribution >= 4 is 34.9 Å². The van der Waals surface area contributed by atoms with E-state index in [4.69, 9.17) is 47.1 Å². The van der Waals surface area contributed by atoms with E-state index in [1.54, 1.807) is 6.08 Å². The summed E-state index contributed by atoms with van der Waals surface area (Å²) in [5.41, 5.74) is 7.32. The molecule has 0 saturated carbocycles. The quantitative estimate of drug-likeness (QED) is 0.159. The maximum Gasteiger partial charge on any atom is 0.238 e. The van der Waals surface area contributed by atoms with Crippen molar-refractivity contribution < 1.29 is 18.9 Å². The van der Waals surface area contributed by atoms with E-state index in [0.717, 1.165) is 16.7 Å². The number of aryl methyl sites for hydroxylation is 3. The summed E-state index contributed by atoms with van der Waals surface area (Å²) >= 11 is 14.1. The van der Waals surface area contributed by atoms with Crippen molar-refractivity contribution in [2.24, 2.45) is 4.99 Å². The van der Waals surface area contributed by atoms with Gasteiger partial charge in [-0.15, -0.1) is 0 Å². The molecule has 6 nitrogen and oxygen atoms in total. The van der Waals surface area contributed by atoms with E-state index in [0.29, 0.717) is 50.9 Å². The van der Waals surface area contributed by atoms with Crippen molar-refractivity contribution in [3.63, 3.8) is 0 Å². The number of nitrogens with one attached hydrogen (secondary N) is 1. The number of H-pyrrole nitrogens is 1. The third-order valence-electron chi connectivity index (χ3n) is 9.64. The average Bonchev–Trinajstić information content (AvgIpc) is 3.61. The number of aromatic nitrogens is 1. The van der Waals surface area contributed by atoms with Crippen molar-refractivity contribution in [2.75, 3.05) is 0 Å². The molecule has 1 aliphatic rings. The van der Waals surface area contributed by atoms with Gasteiger partial charge in [-0.3, -0.25) is 0 Å². The molecule has 8 heteroatoms. The highest BCUT2D eigenvalue weighted by Gasteiger charge is 2.30. The first-order valence-corrected chi connectivity index (χ1v) is 19.7. The summed E-state index contributed by atoms with van der Waals surface area (Å²) in [4.78, 5) is 8.29. The Labute approximate surface area is 342 Å². The second kappa shape index (κ2) is 15.6. The first-order valence-electron chi connectivity index (χ1n) is 18.9. The standard InChI is InChI=1S/C48H52Cl2N2O4/c1-28-25-29(2)41(30(3)26-28)56-42(38-27-37(49)44(51-38)54-35-21-15-32(16-22-35)47(7,8)9)40-43(53-34-19-13-31(14-20-34)46(4,5)6)39(50)45(52-40)55-36-23-17-33(18-24-36)48(10,11)12/h13-27,52H,1-12H3/b42-38+. The minimum Gasteiger partial charge on any atom is -0.453 e. The van der Waals surface area contributed by atoms with Crippen molar-refractivity contribution in [2.45, 2.75) is 99.3 Å². The van der Waals surface area contributed by atoms with Crippen LogP contribution in [0.4, 0.5) is 0 Å². The van der Waals surface area contributed by atoms with Gasteiger partial charge in [0.1, 0.15) is 44.4 Å². The van der Waals surface area contributed by atoms with Crippen LogP contribution in [0.1, 0.15) is 101 Å². The van der Waals surface area contributed by atoms with Crippen LogP contribution in [0.2, 0.25) is 5.02 Å². The molecule has 0 fully saturated rings. The van der Waals surface area contributed by atoms with Gasteiger partial charge in [0.25, 0.3) is 0 Å². The van der Waals surface area contributed by atoms with Crippen LogP contribution in [0.3, 0.4) is 0 Å². The van der Waals surface area contributed by atoms with Crippen LogP contribution in [0, 0.1) is 20.8 Å². The fraction of sp³-hybridized carbons (Fsp3) is 0.312. The number of allylic oxidation sites excluding steroid dienone is 1. The van der Waals surface area contributed by atoms with Crippen LogP contribution in [-0.4, -0.2) is 10.9 Å². The number of rotatable bonds is 8. The molecule has 5 aromatic rings. The van der Waals surface area contributed by atoms with E-state index < -0.39 is 0 Å². The first kappa shape index (κ1) is 40.7. The third-order valence-corrected chi connectivity index (χ3v) is 10.3. The van der Waals surface area contributed by atoms with Gasteiger partial charge in [0, 0.05) is 0 Å². The summed E-state index contributed by atoms with van der Waals surface area (Å²) in [6.45, 7) is 25.6. The molecule has 4 aromatic carbocycles. The molecule has 0 spiro atoms. The Morgan fingerprint density at radius 2 is 1.00 bits per heavy atom. The van der Waals surface area contributed by atoms with Gasteiger partial charge < -0.3 is 23.9 Å². The molecule has 0 unspecified atom stereocenters. The van der Waals surface area contributed by atoms with Gasteiger partial charge in [0.2, 0.25) is 11.8 Å². The number of benzene rings is 4. The molecule has 0 amide bonds. The zero-order valence-corrected chi connectivity index (χ0v) is 36.0. The number of aliphatic imine (C=N–C) groups is 1. The Morgan fingerprint density at radius 3 is 1.45 bits per heavy atom. The zero-order chi connectivity index (χ0) is 40.7. The molecule has 292 valence electrons. The monoisotopic (exact) mass is 790 g/mol. The Hall–Kier alpha value is -4.91. The SMILES string of the molecule is Cc1cc(C)c(O/C(=C2\C=C(Cl)C(Oc3ccc(C(C)(C)C)cc3)=N2)c2[nH]c(Oc3ccc(C(C)(C)C)cc3)c(Cl)c2Oc2ccc(C(C)(C)C)cc2)c(C)c1. The van der Waals surface area contributed by atoms with Crippen LogP contribution in [-0.2, 0) is 16.2 Å². The minimum absolute atomic E-state index is 0.000485. The number of aromatic amines is 1. The van der Waals surface area contributed by atoms with E-state index in [-0.39, 0.29) is 33.0 Å². The maximum absolute atomic E-state index is 7.22. The third kappa shape index (κ3) is 9.20. The van der Waals surface area contributed by atoms with Crippen LogP contribution < -0.4 is 18.9 Å². The van der Waals surface area contributed by atoms with Gasteiger partial charge in [-0.1, -0.05) is 140 Å². The van der Waals surface area contributed by atoms with E-state index >= 15 is 0 Å². The molecule has 1 aliphatic heterocycles. The highest BCUT2D eigenvalue weighted by atomic mass is 35.5. The average molecular weight is 792 g/mol. The van der Waals surface area contributed by atoms with Gasteiger partial charge >= 0.3 is 0 Å². The van der Waals surface area contributed by atoms with Crippen LogP contribution in [0.25, 0.3) is 5.76 Å². The topological polar surface area (TPSA) is 65.1 Å². The molecular weight excluding hydrogens is 739 g/mol. The lowest BCUT2D eigenvalue weighted by molar-refractivity contribution is 0.461. The molecule has 0 aliphatic carbocycles. The molecule has 1 aromatic heterocycles. The summed E-state index contributed by atoms with van der Waals surface area (Å²) in [5, 5.41) is 0.540. The summed E-state index contributed by atoms with van der Waals surface area (Å²) in [5.74, 6) is 3.58. The van der Waals surface area contributed by atoms with E-state index in [2.05, 4.69) is 111 Å². The smallest absolute Gasteiger partial charge is 0.238 e. The number of hydrogen-bond donors (Lipinski definition) is 1. The Balaban J connectivity index is 1.50. The minimum atomic E-state index is -0.0331. The summed E-state index contributed by atoms with van der Waals surface area (Å²) in [6.07, 6.45) is 1.72. The molecule has 1 N–H and O–H groups in total. The number of nitrogens with zero attached hydrogens (tertiary/aromatic N) is 1. The summed E-state index contributed by atoms with van der Waals surface area (Å²) in [7, 11) is 0. The molecule has 0 bridgehead atoms. The van der Waals surface area contributed by atoms with Crippen molar-refractivity contribution in [3.05, 3.63) is 146 Å². The molecular formula is C48H52Cl2N2O4. The van der Waals surface area contributed by atoms with Gasteiger partial charge in [0.15, 0.2) is 11.5 Å². The van der Waals surface area contributed by atoms with Crippen molar-refractivity contribution in [1.29, 1.82) is 0 Å². The van der Waals surface area contributed by atoms with E-state index in [1.165, 1.54) is 16.7 Å². The fourth-order valence-corrected chi connectivity index (χ4v) is 6.81. The predicted molar refractivity (Wildman–Crippen MR) is 232 cm³/mol. The van der Waals surface area contributed by atoms with Crippen LogP contribution >= 0.6 is 23.2 Å². The predicted octanol–water partition coefficient (Wildman–Crippen LogP) is 14.4. The van der Waals surface area contributed by atoms with Crippen LogP contribution in [0.5, 0.6) is 34.6 Å². The summed E-state index contributed by atoms with van der Waals surface area (Å²) < 4.78 is 26.2. The van der Waals surface area contributed by atoms with Gasteiger partial charge in [-0.05, 0) is 107 Å². The lowest BCUT2D eigenvalue weighted by atomic mass is 9.87. The molecule has 0 saturated heterocycles. The van der Waals surface area contributed by atoms with Crippen LogP contribution in [0.15, 0.2) is 107 Å². The van der Waals surface area contributed by atoms with Gasteiger partial charge in [0.05, 0.1) is 0 Å². The Kier molecular flexibility index (Phi) is 11.3. The van der Waals surface area contributed by atoms with Gasteiger partial charge in [-0.2, -0.15) is 0 Å². The molecule has 0 radical (unpaired) electrons. The first-order chi connectivity index (χ1) is 26.2. The molecule has 0 atom stereocenters. The summed E-state index contributed by atoms with van der Waals surface area (Å²) in [6, 6.07) is 28.0. The van der Waals surface area contributed by atoms with Gasteiger partial charge in [-0.25, -0.2) is 4.99 Å². The molecule has 6 rings (SSSR count). The van der Waals surface area contributed by atoms with Crippen molar-refractivity contribution in [3.8, 4) is 34.6 Å². The normalized spacial score (nSPS) is 14.3. The molecule has 56 heavy (non-hydrogen) atoms. The number of halogens is 2. The lowest BCUT2D eigenvalue weighted by Gasteiger charge is -2.19. The second-order valence-corrected chi connectivity index (χ2v) is 18.3. The van der Waals surface area contributed by atoms with E-state index in [1.807, 2.05) is 62.4 Å². The number of ether oxygens (including phenoxy) is 4. The number of hydrogen-bond acceptors (Lipinski definition) is 5. The fourth-order valence-electron chi connectivity index (χ4n) is 6.41. The zero-order valence-electron chi connectivity index (χ0n) is 34.5. The maximum atomic E-state index is 7.22. The molecule has 2 heterocycles.